The van der Waals surface area contributed by atoms with Crippen molar-refractivity contribution in [3.63, 3.8) is 0 Å². The molecular formula is C26H42O3S. The maximum absolute atomic E-state index is 9.96. The van der Waals surface area contributed by atoms with Crippen molar-refractivity contribution in [1.82, 2.24) is 0 Å². The molecule has 3 aliphatic carbocycles. The van der Waals surface area contributed by atoms with Gasteiger partial charge in [0, 0.05) is 5.25 Å². The maximum Gasteiger partial charge on any atom is 0.0602 e. The third kappa shape index (κ3) is 6.03. The van der Waals surface area contributed by atoms with Crippen LogP contribution >= 0.6 is 11.8 Å². The largest absolute Gasteiger partial charge is 0.393 e. The minimum atomic E-state index is -0.560. The van der Waals surface area contributed by atoms with Crippen molar-refractivity contribution >= 4 is 11.8 Å². The summed E-state index contributed by atoms with van der Waals surface area (Å²) in [5, 5.41) is 30.4. The van der Waals surface area contributed by atoms with Crippen molar-refractivity contribution < 1.29 is 15.3 Å². The van der Waals surface area contributed by atoms with E-state index < -0.39 is 17.8 Å². The molecule has 0 unspecified atom stereocenters. The summed E-state index contributed by atoms with van der Waals surface area (Å²) in [5.74, 6) is 1.69. The lowest BCUT2D eigenvalue weighted by Crippen LogP contribution is -2.33. The van der Waals surface area contributed by atoms with Gasteiger partial charge in [-0.05, 0) is 95.6 Å². The number of fused-ring (bicyclic) bond motifs is 1. The molecule has 0 heterocycles. The van der Waals surface area contributed by atoms with Crippen LogP contribution < -0.4 is 0 Å². The third-order valence-corrected chi connectivity index (χ3v) is 8.70. The number of aliphatic hydroxyl groups excluding tert-OH is 2. The van der Waals surface area contributed by atoms with Crippen LogP contribution in [0.4, 0.5) is 0 Å². The molecule has 2 saturated carbocycles. The second-order valence-corrected chi connectivity index (χ2v) is 12.1. The molecule has 3 aliphatic rings. The van der Waals surface area contributed by atoms with Crippen molar-refractivity contribution in [2.45, 2.75) is 109 Å². The highest BCUT2D eigenvalue weighted by Gasteiger charge is 2.46. The Morgan fingerprint density at radius 2 is 1.93 bits per heavy atom. The van der Waals surface area contributed by atoms with Crippen LogP contribution in [0.15, 0.2) is 34.9 Å². The van der Waals surface area contributed by atoms with Crippen molar-refractivity contribution in [2.75, 3.05) is 5.75 Å². The zero-order chi connectivity index (χ0) is 21.9. The predicted molar refractivity (Wildman–Crippen MR) is 128 cm³/mol. The molecular weight excluding hydrogens is 392 g/mol. The van der Waals surface area contributed by atoms with Gasteiger partial charge in [-0.25, -0.2) is 0 Å². The maximum atomic E-state index is 9.96. The Hall–Kier alpha value is -0.550. The van der Waals surface area contributed by atoms with E-state index in [0.717, 1.165) is 25.0 Å². The van der Waals surface area contributed by atoms with E-state index in [9.17, 15) is 15.3 Å². The average molecular weight is 435 g/mol. The second kappa shape index (κ2) is 9.94. The molecule has 2 fully saturated rings. The number of aliphatic hydroxyl groups is 3. The molecule has 3 N–H and O–H groups in total. The molecule has 0 aromatic rings. The Morgan fingerprint density at radius 3 is 2.60 bits per heavy atom. The number of hydrogen-bond acceptors (Lipinski definition) is 4. The van der Waals surface area contributed by atoms with Crippen LogP contribution in [-0.4, -0.2) is 44.1 Å². The van der Waals surface area contributed by atoms with E-state index in [1.165, 1.54) is 24.8 Å². The van der Waals surface area contributed by atoms with Gasteiger partial charge in [-0.2, -0.15) is 11.8 Å². The van der Waals surface area contributed by atoms with Gasteiger partial charge >= 0.3 is 0 Å². The van der Waals surface area contributed by atoms with Crippen LogP contribution in [0.2, 0.25) is 0 Å². The highest BCUT2D eigenvalue weighted by molar-refractivity contribution is 8.00. The molecule has 3 rings (SSSR count). The topological polar surface area (TPSA) is 60.7 Å². The Kier molecular flexibility index (Phi) is 7.98. The molecule has 0 radical (unpaired) electrons. The molecule has 0 amide bonds. The Labute approximate surface area is 187 Å². The molecule has 0 spiro atoms. The van der Waals surface area contributed by atoms with Gasteiger partial charge in [-0.1, -0.05) is 41.9 Å². The summed E-state index contributed by atoms with van der Waals surface area (Å²) in [6.07, 6.45) is 14.9. The van der Waals surface area contributed by atoms with Crippen LogP contribution in [0.3, 0.4) is 0 Å². The first-order valence-electron chi connectivity index (χ1n) is 11.9. The normalized spacial score (nSPS) is 34.6. The fraction of sp³-hybridized carbons (Fsp3) is 0.769. The smallest absolute Gasteiger partial charge is 0.0602 e. The molecule has 0 bridgehead atoms. The lowest BCUT2D eigenvalue weighted by molar-refractivity contribution is 0.0609. The lowest BCUT2D eigenvalue weighted by atomic mass is 9.64. The number of allylic oxidation sites excluding steroid dienone is 4. The number of thioether (sulfide) groups is 1. The van der Waals surface area contributed by atoms with Crippen LogP contribution in [-0.2, 0) is 0 Å². The van der Waals surface area contributed by atoms with E-state index in [1.54, 1.807) is 11.1 Å². The molecule has 5 atom stereocenters. The van der Waals surface area contributed by atoms with E-state index in [4.69, 9.17) is 0 Å². The van der Waals surface area contributed by atoms with E-state index in [2.05, 4.69) is 32.1 Å². The molecule has 0 aliphatic heterocycles. The van der Waals surface area contributed by atoms with Crippen LogP contribution in [0.5, 0.6) is 0 Å². The van der Waals surface area contributed by atoms with Crippen LogP contribution in [0, 0.1) is 11.3 Å². The molecule has 170 valence electrons. The summed E-state index contributed by atoms with van der Waals surface area (Å²) >= 11 is 2.04. The summed E-state index contributed by atoms with van der Waals surface area (Å²) in [5.41, 5.74) is 4.06. The zero-order valence-corrected chi connectivity index (χ0v) is 20.2. The first-order valence-corrected chi connectivity index (χ1v) is 12.9. The minimum absolute atomic E-state index is 0.261. The molecule has 0 saturated heterocycles. The fourth-order valence-electron chi connectivity index (χ4n) is 5.87. The van der Waals surface area contributed by atoms with Gasteiger partial charge in [-0.3, -0.25) is 0 Å². The SMILES string of the molecule is C[C@H](SCCCC(C)(C)O)C1=CC[C@H]2/C(=C/C=C3C[C@@H](O)C[C@H](O)C3)CCC[C@]12C. The molecule has 0 aromatic carbocycles. The lowest BCUT2D eigenvalue weighted by Gasteiger charge is -2.42. The van der Waals surface area contributed by atoms with Gasteiger partial charge in [0.2, 0.25) is 0 Å². The Bertz CT molecular complexity index is 675. The van der Waals surface area contributed by atoms with Gasteiger partial charge in [-0.15, -0.1) is 0 Å². The molecule has 30 heavy (non-hydrogen) atoms. The summed E-state index contributed by atoms with van der Waals surface area (Å²) in [4.78, 5) is 0. The molecule has 4 heteroatoms. The van der Waals surface area contributed by atoms with Gasteiger partial charge in [0.15, 0.2) is 0 Å². The quantitative estimate of drug-likeness (QED) is 0.363. The van der Waals surface area contributed by atoms with Gasteiger partial charge in [0.05, 0.1) is 17.8 Å². The van der Waals surface area contributed by atoms with Crippen molar-refractivity contribution in [2.24, 2.45) is 11.3 Å². The summed E-state index contributed by atoms with van der Waals surface area (Å²) in [6.45, 7) is 8.62. The Balaban J connectivity index is 1.63. The fourth-order valence-corrected chi connectivity index (χ4v) is 7.08. The second-order valence-electron chi connectivity index (χ2n) is 10.7. The van der Waals surface area contributed by atoms with E-state index in [-0.39, 0.29) is 5.41 Å². The average Bonchev–Trinajstić information content (AvgIpc) is 2.99. The number of rotatable bonds is 7. The minimum Gasteiger partial charge on any atom is -0.393 e. The van der Waals surface area contributed by atoms with Crippen molar-refractivity contribution in [1.29, 1.82) is 0 Å². The molecule has 3 nitrogen and oxygen atoms in total. The predicted octanol–water partition coefficient (Wildman–Crippen LogP) is 5.55. The van der Waals surface area contributed by atoms with Crippen LogP contribution in [0.25, 0.3) is 0 Å². The number of hydrogen-bond donors (Lipinski definition) is 3. The first-order chi connectivity index (χ1) is 14.1. The monoisotopic (exact) mass is 434 g/mol. The highest BCUT2D eigenvalue weighted by atomic mass is 32.2. The standard InChI is InChI=1S/C26H42O3S/c1-18(30-14-6-12-25(2,3)29)23-10-11-24-20(7-5-13-26(23,24)4)9-8-19-15-21(27)17-22(28)16-19/h8-10,18,21-22,24,27-29H,5-7,11-17H2,1-4H3/b20-9+/t18-,21+,22+,24-,26+/m0/s1. The van der Waals surface area contributed by atoms with Crippen molar-refractivity contribution in [3.8, 4) is 0 Å². The summed E-state index contributed by atoms with van der Waals surface area (Å²) < 4.78 is 0. The van der Waals surface area contributed by atoms with Gasteiger partial charge < -0.3 is 15.3 Å². The van der Waals surface area contributed by atoms with E-state index >= 15 is 0 Å². The Morgan fingerprint density at radius 1 is 1.23 bits per heavy atom. The van der Waals surface area contributed by atoms with E-state index in [1.807, 2.05) is 25.6 Å². The summed E-state index contributed by atoms with van der Waals surface area (Å²) in [6, 6.07) is 0. The molecule has 0 aromatic heterocycles. The van der Waals surface area contributed by atoms with Gasteiger partial charge in [0.25, 0.3) is 0 Å². The van der Waals surface area contributed by atoms with Crippen LogP contribution in [0.1, 0.15) is 85.5 Å². The first kappa shape index (κ1) is 24.1. The van der Waals surface area contributed by atoms with Crippen molar-refractivity contribution in [3.05, 3.63) is 34.9 Å². The van der Waals surface area contributed by atoms with E-state index in [0.29, 0.717) is 30.4 Å². The third-order valence-electron chi connectivity index (χ3n) is 7.42. The van der Waals surface area contributed by atoms with Gasteiger partial charge in [0.1, 0.15) is 0 Å². The zero-order valence-electron chi connectivity index (χ0n) is 19.4. The summed E-state index contributed by atoms with van der Waals surface area (Å²) in [7, 11) is 0. The highest BCUT2D eigenvalue weighted by Crippen LogP contribution is 2.56.